The van der Waals surface area contributed by atoms with Gasteiger partial charge in [0.25, 0.3) is 5.69 Å². The lowest BCUT2D eigenvalue weighted by atomic mass is 10.2. The standard InChI is InChI=1S/C9H10BrN3O3/c10-9-3-8(13(14)15)7(5-12-9)11-4-6-1-2-16-6/h3,5-6,11H,1-2,4H2. The van der Waals surface area contributed by atoms with Gasteiger partial charge in [-0.05, 0) is 22.4 Å². The molecule has 0 bridgehead atoms. The summed E-state index contributed by atoms with van der Waals surface area (Å²) in [5.41, 5.74) is 0.435. The molecule has 1 saturated heterocycles. The van der Waals surface area contributed by atoms with Gasteiger partial charge in [0, 0.05) is 13.2 Å². The van der Waals surface area contributed by atoms with Crippen molar-refractivity contribution in [2.24, 2.45) is 0 Å². The topological polar surface area (TPSA) is 77.3 Å². The van der Waals surface area contributed by atoms with Gasteiger partial charge in [0.2, 0.25) is 0 Å². The molecule has 6 nitrogen and oxygen atoms in total. The van der Waals surface area contributed by atoms with Crippen molar-refractivity contribution < 1.29 is 9.66 Å². The Morgan fingerprint density at radius 3 is 3.06 bits per heavy atom. The van der Waals surface area contributed by atoms with Crippen LogP contribution in [-0.2, 0) is 4.74 Å². The minimum Gasteiger partial charge on any atom is -0.376 e. The van der Waals surface area contributed by atoms with Crippen LogP contribution in [0, 0.1) is 10.1 Å². The molecule has 2 heterocycles. The van der Waals surface area contributed by atoms with E-state index in [0.717, 1.165) is 13.0 Å². The van der Waals surface area contributed by atoms with Crippen molar-refractivity contribution in [3.63, 3.8) is 0 Å². The number of hydrogen-bond acceptors (Lipinski definition) is 5. The first-order chi connectivity index (χ1) is 7.66. The molecule has 1 fully saturated rings. The van der Waals surface area contributed by atoms with Crippen LogP contribution in [0.5, 0.6) is 0 Å². The quantitative estimate of drug-likeness (QED) is 0.520. The van der Waals surface area contributed by atoms with E-state index in [1.165, 1.54) is 12.3 Å². The maximum Gasteiger partial charge on any atom is 0.296 e. The Morgan fingerprint density at radius 2 is 2.50 bits per heavy atom. The highest BCUT2D eigenvalue weighted by atomic mass is 79.9. The maximum atomic E-state index is 10.8. The predicted molar refractivity (Wildman–Crippen MR) is 61.4 cm³/mol. The van der Waals surface area contributed by atoms with Crippen LogP contribution >= 0.6 is 15.9 Å². The normalized spacial score (nSPS) is 18.9. The summed E-state index contributed by atoms with van der Waals surface area (Å²) in [5.74, 6) is 0. The summed E-state index contributed by atoms with van der Waals surface area (Å²) in [7, 11) is 0. The molecule has 1 aromatic heterocycles. The molecule has 0 saturated carbocycles. The first kappa shape index (κ1) is 11.3. The molecule has 16 heavy (non-hydrogen) atoms. The second kappa shape index (κ2) is 4.75. The number of hydrogen-bond donors (Lipinski definition) is 1. The van der Waals surface area contributed by atoms with Gasteiger partial charge in [-0.1, -0.05) is 0 Å². The Morgan fingerprint density at radius 1 is 1.75 bits per heavy atom. The Labute approximate surface area is 100 Å². The number of halogens is 1. The van der Waals surface area contributed by atoms with Crippen molar-refractivity contribution in [3.8, 4) is 0 Å². The monoisotopic (exact) mass is 287 g/mol. The summed E-state index contributed by atoms with van der Waals surface area (Å²) in [6, 6.07) is 1.38. The smallest absolute Gasteiger partial charge is 0.296 e. The summed E-state index contributed by atoms with van der Waals surface area (Å²) in [6.07, 6.45) is 2.59. The van der Waals surface area contributed by atoms with E-state index < -0.39 is 4.92 Å². The van der Waals surface area contributed by atoms with Crippen molar-refractivity contribution >= 4 is 27.3 Å². The third-order valence-corrected chi connectivity index (χ3v) is 2.79. The number of nitrogens with one attached hydrogen (secondary N) is 1. The molecule has 1 aliphatic heterocycles. The van der Waals surface area contributed by atoms with E-state index in [9.17, 15) is 10.1 Å². The van der Waals surface area contributed by atoms with Crippen molar-refractivity contribution in [1.29, 1.82) is 0 Å². The first-order valence-corrected chi connectivity index (χ1v) is 5.61. The molecule has 1 N–H and O–H groups in total. The molecule has 0 amide bonds. The molecular weight excluding hydrogens is 278 g/mol. The average Bonchev–Trinajstić information content (AvgIpc) is 2.17. The number of nitro groups is 1. The van der Waals surface area contributed by atoms with Gasteiger partial charge in [0.05, 0.1) is 23.3 Å². The third kappa shape index (κ3) is 2.48. The van der Waals surface area contributed by atoms with Gasteiger partial charge in [0.1, 0.15) is 10.3 Å². The van der Waals surface area contributed by atoms with E-state index in [0.29, 0.717) is 16.8 Å². The fourth-order valence-electron chi connectivity index (χ4n) is 1.38. The van der Waals surface area contributed by atoms with Gasteiger partial charge >= 0.3 is 0 Å². The van der Waals surface area contributed by atoms with Crippen LogP contribution < -0.4 is 5.32 Å². The van der Waals surface area contributed by atoms with Crippen molar-refractivity contribution in [1.82, 2.24) is 4.98 Å². The van der Waals surface area contributed by atoms with Gasteiger partial charge in [-0.2, -0.15) is 0 Å². The average molecular weight is 288 g/mol. The number of nitrogens with zero attached hydrogens (tertiary/aromatic N) is 2. The second-order valence-corrected chi connectivity index (χ2v) is 4.26. The van der Waals surface area contributed by atoms with Crippen molar-refractivity contribution in [2.75, 3.05) is 18.5 Å². The molecule has 0 aromatic carbocycles. The lowest BCUT2D eigenvalue weighted by Gasteiger charge is -2.26. The zero-order valence-corrected chi connectivity index (χ0v) is 9.94. The van der Waals surface area contributed by atoms with E-state index in [2.05, 4.69) is 26.2 Å². The Hall–Kier alpha value is -1.21. The molecule has 86 valence electrons. The zero-order valence-electron chi connectivity index (χ0n) is 8.35. The summed E-state index contributed by atoms with van der Waals surface area (Å²) >= 11 is 3.10. The van der Waals surface area contributed by atoms with Crippen LogP contribution in [0.2, 0.25) is 0 Å². The zero-order chi connectivity index (χ0) is 11.5. The van der Waals surface area contributed by atoms with Crippen LogP contribution in [0.3, 0.4) is 0 Å². The van der Waals surface area contributed by atoms with E-state index in [4.69, 9.17) is 4.74 Å². The molecule has 7 heteroatoms. The van der Waals surface area contributed by atoms with Crippen LogP contribution in [0.25, 0.3) is 0 Å². The molecular formula is C9H10BrN3O3. The Kier molecular flexibility index (Phi) is 3.35. The molecule has 1 unspecified atom stereocenters. The van der Waals surface area contributed by atoms with Gasteiger partial charge < -0.3 is 10.1 Å². The van der Waals surface area contributed by atoms with Crippen LogP contribution in [0.15, 0.2) is 16.9 Å². The lowest BCUT2D eigenvalue weighted by Crippen LogP contribution is -2.33. The molecule has 0 spiro atoms. The first-order valence-electron chi connectivity index (χ1n) is 4.82. The van der Waals surface area contributed by atoms with Crippen molar-refractivity contribution in [2.45, 2.75) is 12.5 Å². The lowest BCUT2D eigenvalue weighted by molar-refractivity contribution is -0.384. The highest BCUT2D eigenvalue weighted by Crippen LogP contribution is 2.26. The number of anilines is 1. The van der Waals surface area contributed by atoms with Gasteiger partial charge in [-0.15, -0.1) is 0 Å². The highest BCUT2D eigenvalue weighted by Gasteiger charge is 2.20. The molecule has 1 atom stereocenters. The molecule has 1 aromatic rings. The van der Waals surface area contributed by atoms with Gasteiger partial charge in [-0.25, -0.2) is 4.98 Å². The van der Waals surface area contributed by atoms with E-state index >= 15 is 0 Å². The summed E-state index contributed by atoms with van der Waals surface area (Å²) < 4.78 is 5.66. The molecule has 1 aliphatic rings. The minimum atomic E-state index is -0.434. The molecule has 0 radical (unpaired) electrons. The van der Waals surface area contributed by atoms with Gasteiger partial charge in [-0.3, -0.25) is 10.1 Å². The largest absolute Gasteiger partial charge is 0.376 e. The summed E-state index contributed by atoms with van der Waals surface area (Å²) in [6.45, 7) is 1.34. The van der Waals surface area contributed by atoms with E-state index in [1.54, 1.807) is 0 Å². The fraction of sp³-hybridized carbons (Fsp3) is 0.444. The molecule has 2 rings (SSSR count). The predicted octanol–water partition coefficient (Wildman–Crippen LogP) is 1.95. The van der Waals surface area contributed by atoms with Gasteiger partial charge in [0.15, 0.2) is 0 Å². The van der Waals surface area contributed by atoms with Crippen molar-refractivity contribution in [3.05, 3.63) is 27.0 Å². The van der Waals surface area contributed by atoms with Crippen LogP contribution in [0.4, 0.5) is 11.4 Å². The highest BCUT2D eigenvalue weighted by molar-refractivity contribution is 9.10. The number of pyridine rings is 1. The third-order valence-electron chi connectivity index (χ3n) is 2.36. The summed E-state index contributed by atoms with van der Waals surface area (Å²) in [4.78, 5) is 14.3. The Balaban J connectivity index is 2.08. The summed E-state index contributed by atoms with van der Waals surface area (Å²) in [5, 5.41) is 13.8. The molecule has 0 aliphatic carbocycles. The second-order valence-electron chi connectivity index (χ2n) is 3.44. The minimum absolute atomic E-state index is 0.0150. The Bertz CT molecular complexity index is 409. The number of rotatable bonds is 4. The van der Waals surface area contributed by atoms with Crippen LogP contribution in [-0.4, -0.2) is 29.2 Å². The maximum absolute atomic E-state index is 10.8. The number of ether oxygens (including phenoxy) is 1. The number of aromatic nitrogens is 1. The SMILES string of the molecule is O=[N+]([O-])c1cc(Br)ncc1NCC1CCO1. The fourth-order valence-corrected chi connectivity index (χ4v) is 1.70. The van der Waals surface area contributed by atoms with E-state index in [1.807, 2.05) is 0 Å². The van der Waals surface area contributed by atoms with Crippen LogP contribution in [0.1, 0.15) is 6.42 Å². The van der Waals surface area contributed by atoms with E-state index in [-0.39, 0.29) is 11.8 Å².